The van der Waals surface area contributed by atoms with Crippen LogP contribution in [0.15, 0.2) is 23.1 Å². The fourth-order valence-corrected chi connectivity index (χ4v) is 3.75. The van der Waals surface area contributed by atoms with E-state index in [9.17, 15) is 12.8 Å². The molecule has 0 bridgehead atoms. The molecule has 1 saturated heterocycles. The van der Waals surface area contributed by atoms with E-state index in [2.05, 4.69) is 9.62 Å². The Balaban J connectivity index is 2.11. The van der Waals surface area contributed by atoms with Crippen molar-refractivity contribution in [2.45, 2.75) is 30.2 Å². The van der Waals surface area contributed by atoms with Crippen molar-refractivity contribution in [1.29, 1.82) is 0 Å². The average Bonchev–Trinajstić information content (AvgIpc) is 2.37. The summed E-state index contributed by atoms with van der Waals surface area (Å²) < 4.78 is 40.5. The van der Waals surface area contributed by atoms with Gasteiger partial charge in [-0.1, -0.05) is 12.5 Å². The molecule has 0 aliphatic carbocycles. The summed E-state index contributed by atoms with van der Waals surface area (Å²) in [5, 5.41) is 0. The third kappa shape index (κ3) is 3.28. The first-order chi connectivity index (χ1) is 9.42. The lowest BCUT2D eigenvalue weighted by atomic mass is 10.0. The summed E-state index contributed by atoms with van der Waals surface area (Å²) in [5.41, 5.74) is 5.50. The minimum Gasteiger partial charge on any atom is -0.398 e. The molecule has 7 heteroatoms. The van der Waals surface area contributed by atoms with E-state index in [1.807, 2.05) is 7.05 Å². The molecule has 20 heavy (non-hydrogen) atoms. The summed E-state index contributed by atoms with van der Waals surface area (Å²) >= 11 is 0. The predicted octanol–water partition coefficient (Wildman–Crippen LogP) is 1.17. The van der Waals surface area contributed by atoms with E-state index in [-0.39, 0.29) is 18.3 Å². The number of hydrogen-bond donors (Lipinski definition) is 2. The Hall–Kier alpha value is -1.18. The van der Waals surface area contributed by atoms with Crippen LogP contribution in [-0.2, 0) is 10.0 Å². The third-order valence-electron chi connectivity index (χ3n) is 3.70. The second kappa shape index (κ2) is 6.07. The van der Waals surface area contributed by atoms with E-state index in [1.165, 1.54) is 12.1 Å². The molecule has 0 saturated carbocycles. The van der Waals surface area contributed by atoms with Crippen LogP contribution in [0, 0.1) is 5.82 Å². The van der Waals surface area contributed by atoms with E-state index >= 15 is 0 Å². The molecule has 0 aromatic heterocycles. The second-order valence-corrected chi connectivity index (χ2v) is 6.84. The SMILES string of the molecule is CN1CCCCC1CNS(=O)(=O)c1c(N)cccc1F. The molecule has 1 unspecified atom stereocenters. The molecule has 1 fully saturated rings. The molecule has 0 amide bonds. The van der Waals surface area contributed by atoms with Crippen LogP contribution in [0.25, 0.3) is 0 Å². The normalized spacial score (nSPS) is 21.0. The Morgan fingerprint density at radius 3 is 2.85 bits per heavy atom. The Morgan fingerprint density at radius 1 is 1.45 bits per heavy atom. The molecular weight excluding hydrogens is 281 g/mol. The number of benzene rings is 1. The number of likely N-dealkylation sites (tertiary alicyclic amines) is 1. The Kier molecular flexibility index (Phi) is 4.62. The first kappa shape index (κ1) is 15.2. The zero-order chi connectivity index (χ0) is 14.8. The molecule has 0 radical (unpaired) electrons. The van der Waals surface area contributed by atoms with Gasteiger partial charge in [-0.3, -0.25) is 0 Å². The number of likely N-dealkylation sites (N-methyl/N-ethyl adjacent to an activating group) is 1. The molecule has 0 spiro atoms. The molecule has 2 rings (SSSR count). The Labute approximate surface area is 119 Å². The molecule has 1 aromatic rings. The van der Waals surface area contributed by atoms with Crippen LogP contribution in [0.1, 0.15) is 19.3 Å². The van der Waals surface area contributed by atoms with E-state index < -0.39 is 20.7 Å². The number of nitrogens with one attached hydrogen (secondary N) is 1. The van der Waals surface area contributed by atoms with Gasteiger partial charge < -0.3 is 10.6 Å². The fourth-order valence-electron chi connectivity index (χ4n) is 2.49. The topological polar surface area (TPSA) is 75.4 Å². The molecule has 1 atom stereocenters. The van der Waals surface area contributed by atoms with Gasteiger partial charge >= 0.3 is 0 Å². The van der Waals surface area contributed by atoms with Crippen LogP contribution in [0.4, 0.5) is 10.1 Å². The van der Waals surface area contributed by atoms with Crippen LogP contribution < -0.4 is 10.5 Å². The monoisotopic (exact) mass is 301 g/mol. The van der Waals surface area contributed by atoms with Crippen LogP contribution in [-0.4, -0.2) is 39.5 Å². The van der Waals surface area contributed by atoms with Crippen LogP contribution in [0.2, 0.25) is 0 Å². The number of anilines is 1. The number of hydrogen-bond acceptors (Lipinski definition) is 4. The van der Waals surface area contributed by atoms with E-state index in [0.29, 0.717) is 0 Å². The highest BCUT2D eigenvalue weighted by molar-refractivity contribution is 7.89. The second-order valence-electron chi connectivity index (χ2n) is 5.14. The van der Waals surface area contributed by atoms with Crippen molar-refractivity contribution in [3.8, 4) is 0 Å². The summed E-state index contributed by atoms with van der Waals surface area (Å²) in [5.74, 6) is -0.825. The van der Waals surface area contributed by atoms with Gasteiger partial charge in [-0.2, -0.15) is 0 Å². The van der Waals surface area contributed by atoms with Gasteiger partial charge in [0.05, 0.1) is 5.69 Å². The first-order valence-corrected chi connectivity index (χ1v) is 8.14. The maximum Gasteiger partial charge on any atom is 0.245 e. The molecule has 1 aromatic carbocycles. The minimum atomic E-state index is -3.92. The van der Waals surface area contributed by atoms with Gasteiger partial charge in [0.25, 0.3) is 0 Å². The molecule has 3 N–H and O–H groups in total. The van der Waals surface area contributed by atoms with Crippen LogP contribution in [0.3, 0.4) is 0 Å². The highest BCUT2D eigenvalue weighted by Crippen LogP contribution is 2.22. The van der Waals surface area contributed by atoms with Crippen molar-refractivity contribution < 1.29 is 12.8 Å². The number of rotatable bonds is 4. The summed E-state index contributed by atoms with van der Waals surface area (Å²) in [7, 11) is -1.95. The number of nitrogen functional groups attached to an aromatic ring is 1. The highest BCUT2D eigenvalue weighted by Gasteiger charge is 2.25. The summed E-state index contributed by atoms with van der Waals surface area (Å²) in [4.78, 5) is 1.66. The van der Waals surface area contributed by atoms with Crippen molar-refractivity contribution in [2.24, 2.45) is 0 Å². The number of piperidine rings is 1. The summed E-state index contributed by atoms with van der Waals surface area (Å²) in [6, 6.07) is 4.01. The molecule has 5 nitrogen and oxygen atoms in total. The zero-order valence-electron chi connectivity index (χ0n) is 11.5. The van der Waals surface area contributed by atoms with Gasteiger partial charge in [-0.05, 0) is 38.6 Å². The van der Waals surface area contributed by atoms with Crippen LogP contribution in [0.5, 0.6) is 0 Å². The molecule has 1 heterocycles. The molecule has 1 aliphatic rings. The van der Waals surface area contributed by atoms with Crippen molar-refractivity contribution in [3.05, 3.63) is 24.0 Å². The number of nitrogens with two attached hydrogens (primary N) is 1. The molecular formula is C13H20FN3O2S. The van der Waals surface area contributed by atoms with E-state index in [0.717, 1.165) is 31.9 Å². The largest absolute Gasteiger partial charge is 0.398 e. The van der Waals surface area contributed by atoms with Crippen LogP contribution >= 0.6 is 0 Å². The lowest BCUT2D eigenvalue weighted by Gasteiger charge is -2.32. The van der Waals surface area contributed by atoms with Gasteiger partial charge in [0.1, 0.15) is 10.7 Å². The lowest BCUT2D eigenvalue weighted by molar-refractivity contribution is 0.187. The van der Waals surface area contributed by atoms with Crippen molar-refractivity contribution in [3.63, 3.8) is 0 Å². The third-order valence-corrected chi connectivity index (χ3v) is 5.21. The van der Waals surface area contributed by atoms with Crippen molar-refractivity contribution >= 4 is 15.7 Å². The molecule has 1 aliphatic heterocycles. The minimum absolute atomic E-state index is 0.0745. The predicted molar refractivity (Wildman–Crippen MR) is 76.3 cm³/mol. The van der Waals surface area contributed by atoms with E-state index in [4.69, 9.17) is 5.73 Å². The van der Waals surface area contributed by atoms with Gasteiger partial charge in [0.15, 0.2) is 0 Å². The maximum atomic E-state index is 13.7. The molecule has 112 valence electrons. The van der Waals surface area contributed by atoms with Gasteiger partial charge in [-0.15, -0.1) is 0 Å². The quantitative estimate of drug-likeness (QED) is 0.819. The average molecular weight is 301 g/mol. The zero-order valence-corrected chi connectivity index (χ0v) is 12.3. The lowest BCUT2D eigenvalue weighted by Crippen LogP contribution is -2.44. The Morgan fingerprint density at radius 2 is 2.20 bits per heavy atom. The van der Waals surface area contributed by atoms with Crippen molar-refractivity contribution in [2.75, 3.05) is 25.9 Å². The summed E-state index contributed by atoms with van der Waals surface area (Å²) in [6.45, 7) is 1.22. The van der Waals surface area contributed by atoms with Crippen molar-refractivity contribution in [1.82, 2.24) is 9.62 Å². The fraction of sp³-hybridized carbons (Fsp3) is 0.538. The van der Waals surface area contributed by atoms with Gasteiger partial charge in [0, 0.05) is 12.6 Å². The number of halogens is 1. The van der Waals surface area contributed by atoms with E-state index in [1.54, 1.807) is 0 Å². The summed E-state index contributed by atoms with van der Waals surface area (Å²) in [6.07, 6.45) is 3.14. The van der Waals surface area contributed by atoms with Gasteiger partial charge in [-0.25, -0.2) is 17.5 Å². The number of nitrogens with zero attached hydrogens (tertiary/aromatic N) is 1. The maximum absolute atomic E-state index is 13.7. The first-order valence-electron chi connectivity index (χ1n) is 6.65. The van der Waals surface area contributed by atoms with Gasteiger partial charge in [0.2, 0.25) is 10.0 Å². The number of sulfonamides is 1. The standard InChI is InChI=1S/C13H20FN3O2S/c1-17-8-3-2-5-10(17)9-16-20(18,19)13-11(14)6-4-7-12(13)15/h4,6-7,10,16H,2-3,5,8-9,15H2,1H3. The smallest absolute Gasteiger partial charge is 0.245 e. The highest BCUT2D eigenvalue weighted by atomic mass is 32.2. The Bertz CT molecular complexity index is 557.